The largest absolute Gasteiger partial charge is 0.368 e. The van der Waals surface area contributed by atoms with Crippen molar-refractivity contribution in [3.63, 3.8) is 0 Å². The molecule has 0 atom stereocenters. The fourth-order valence-corrected chi connectivity index (χ4v) is 3.72. The van der Waals surface area contributed by atoms with Crippen molar-refractivity contribution in [3.05, 3.63) is 41.5 Å². The summed E-state index contributed by atoms with van der Waals surface area (Å²) in [7, 11) is 0. The lowest BCUT2D eigenvalue weighted by Gasteiger charge is -2.31. The van der Waals surface area contributed by atoms with Gasteiger partial charge in [0.1, 0.15) is 18.0 Å². The Labute approximate surface area is 181 Å². The summed E-state index contributed by atoms with van der Waals surface area (Å²) in [5.41, 5.74) is 2.13. The fourth-order valence-electron chi connectivity index (χ4n) is 3.72. The van der Waals surface area contributed by atoms with Crippen LogP contribution >= 0.6 is 0 Å². The molecule has 2 aliphatic rings. The molecule has 2 aromatic rings. The SMILES string of the molecule is CC.N=Cc1c(NCCN2CCC(F)(F)CC2)ncnc1-c1ccc(C2CC2)cc1F. The Bertz CT molecular complexity index is 889. The monoisotopic (exact) mass is 433 g/mol. The molecule has 0 radical (unpaired) electrons. The molecule has 31 heavy (non-hydrogen) atoms. The standard InChI is InChI=1S/C21H24F3N5.C2H6/c22-18-11-15(14-1-2-14)3-4-16(18)19-17(12-25)20(28-13-27-19)26-7-10-29-8-5-21(23,24)6-9-29;1-2/h3-4,11-14,25H,1-2,5-10H2,(H,26,27,28);1-2H3. The van der Waals surface area contributed by atoms with Gasteiger partial charge in [0.2, 0.25) is 0 Å². The second kappa shape index (κ2) is 10.2. The van der Waals surface area contributed by atoms with E-state index in [9.17, 15) is 13.2 Å². The second-order valence-electron chi connectivity index (χ2n) is 7.77. The van der Waals surface area contributed by atoms with E-state index in [1.54, 1.807) is 12.1 Å². The highest BCUT2D eigenvalue weighted by Gasteiger charge is 2.33. The minimum Gasteiger partial charge on any atom is -0.368 e. The Kier molecular flexibility index (Phi) is 7.64. The van der Waals surface area contributed by atoms with Gasteiger partial charge in [-0.1, -0.05) is 19.9 Å². The van der Waals surface area contributed by atoms with Gasteiger partial charge >= 0.3 is 0 Å². The van der Waals surface area contributed by atoms with Gasteiger partial charge in [-0.2, -0.15) is 0 Å². The summed E-state index contributed by atoms with van der Waals surface area (Å²) in [6.07, 6.45) is 4.42. The zero-order valence-corrected chi connectivity index (χ0v) is 18.1. The van der Waals surface area contributed by atoms with Gasteiger partial charge in [-0.15, -0.1) is 0 Å². The Balaban J connectivity index is 0.00000132. The molecule has 0 bridgehead atoms. The first-order valence-corrected chi connectivity index (χ1v) is 11.0. The number of nitrogens with zero attached hydrogens (tertiary/aromatic N) is 3. The van der Waals surface area contributed by atoms with Gasteiger partial charge in [0.15, 0.2) is 0 Å². The molecular formula is C23H30F3N5. The maximum atomic E-state index is 14.7. The molecule has 4 rings (SSSR count). The minimum atomic E-state index is -2.56. The molecule has 1 saturated carbocycles. The number of piperidine rings is 1. The second-order valence-corrected chi connectivity index (χ2v) is 7.77. The van der Waals surface area contributed by atoms with Crippen LogP contribution < -0.4 is 5.32 Å². The van der Waals surface area contributed by atoms with Crippen molar-refractivity contribution in [2.45, 2.75) is 51.4 Å². The highest BCUT2D eigenvalue weighted by Crippen LogP contribution is 2.41. The average molecular weight is 434 g/mol. The molecule has 1 aromatic carbocycles. The van der Waals surface area contributed by atoms with E-state index in [-0.39, 0.29) is 18.7 Å². The van der Waals surface area contributed by atoms with Crippen LogP contribution in [0.1, 0.15) is 56.6 Å². The fraction of sp³-hybridized carbons (Fsp3) is 0.522. The molecule has 1 aromatic heterocycles. The lowest BCUT2D eigenvalue weighted by atomic mass is 10.0. The molecule has 1 aliphatic heterocycles. The van der Waals surface area contributed by atoms with Crippen molar-refractivity contribution in [3.8, 4) is 11.3 Å². The van der Waals surface area contributed by atoms with E-state index >= 15 is 0 Å². The van der Waals surface area contributed by atoms with Gasteiger partial charge in [0.25, 0.3) is 5.92 Å². The van der Waals surface area contributed by atoms with Crippen molar-refractivity contribution in [1.82, 2.24) is 14.9 Å². The summed E-state index contributed by atoms with van der Waals surface area (Å²) in [6.45, 7) is 5.81. The Morgan fingerprint density at radius 1 is 1.19 bits per heavy atom. The first-order valence-electron chi connectivity index (χ1n) is 11.0. The normalized spacial score (nSPS) is 18.1. The van der Waals surface area contributed by atoms with Crippen LogP contribution in [0.5, 0.6) is 0 Å². The number of rotatable bonds is 7. The van der Waals surface area contributed by atoms with Crippen molar-refractivity contribution in [1.29, 1.82) is 5.41 Å². The molecule has 0 amide bonds. The van der Waals surface area contributed by atoms with E-state index < -0.39 is 5.92 Å². The molecule has 168 valence electrons. The molecule has 2 N–H and O–H groups in total. The molecule has 2 heterocycles. The third-order valence-corrected chi connectivity index (χ3v) is 5.63. The number of aromatic nitrogens is 2. The van der Waals surface area contributed by atoms with Crippen LogP contribution in [0.2, 0.25) is 0 Å². The van der Waals surface area contributed by atoms with E-state index in [0.717, 1.165) is 24.6 Å². The summed E-state index contributed by atoms with van der Waals surface area (Å²) in [6, 6.07) is 5.20. The first-order chi connectivity index (χ1) is 15.0. The van der Waals surface area contributed by atoms with E-state index in [1.807, 2.05) is 24.8 Å². The molecule has 0 unspecified atom stereocenters. The Morgan fingerprint density at radius 3 is 2.52 bits per heavy atom. The summed E-state index contributed by atoms with van der Waals surface area (Å²) in [5, 5.41) is 10.9. The van der Waals surface area contributed by atoms with Gasteiger partial charge in [-0.3, -0.25) is 0 Å². The van der Waals surface area contributed by atoms with Crippen LogP contribution in [-0.2, 0) is 0 Å². The predicted octanol–water partition coefficient (Wildman–Crippen LogP) is 5.33. The van der Waals surface area contributed by atoms with E-state index in [4.69, 9.17) is 5.41 Å². The number of likely N-dealkylation sites (tertiary alicyclic amines) is 1. The summed E-state index contributed by atoms with van der Waals surface area (Å²) < 4.78 is 41.2. The van der Waals surface area contributed by atoms with Crippen LogP contribution in [0.3, 0.4) is 0 Å². The number of hydrogen-bond acceptors (Lipinski definition) is 5. The lowest BCUT2D eigenvalue weighted by molar-refractivity contribution is -0.0543. The summed E-state index contributed by atoms with van der Waals surface area (Å²) in [5.74, 6) is -2.01. The summed E-state index contributed by atoms with van der Waals surface area (Å²) >= 11 is 0. The summed E-state index contributed by atoms with van der Waals surface area (Å²) in [4.78, 5) is 10.4. The molecule has 8 heteroatoms. The zero-order valence-electron chi connectivity index (χ0n) is 18.1. The highest BCUT2D eigenvalue weighted by molar-refractivity contribution is 5.92. The smallest absolute Gasteiger partial charge is 0.250 e. The third-order valence-electron chi connectivity index (χ3n) is 5.63. The van der Waals surface area contributed by atoms with E-state index in [2.05, 4.69) is 15.3 Å². The van der Waals surface area contributed by atoms with Crippen LogP contribution in [0.15, 0.2) is 24.5 Å². The maximum absolute atomic E-state index is 14.7. The molecular weight excluding hydrogens is 403 g/mol. The average Bonchev–Trinajstić information content (AvgIpc) is 3.62. The first kappa shape index (κ1) is 23.2. The van der Waals surface area contributed by atoms with Crippen molar-refractivity contribution >= 4 is 12.0 Å². The topological polar surface area (TPSA) is 64.9 Å². The van der Waals surface area contributed by atoms with Crippen LogP contribution in [-0.4, -0.2) is 53.2 Å². The highest BCUT2D eigenvalue weighted by atomic mass is 19.3. The van der Waals surface area contributed by atoms with Crippen LogP contribution in [0.25, 0.3) is 11.3 Å². The van der Waals surface area contributed by atoms with Gasteiger partial charge in [-0.05, 0) is 36.5 Å². The van der Waals surface area contributed by atoms with E-state index in [0.29, 0.717) is 54.7 Å². The third kappa shape index (κ3) is 5.81. The van der Waals surface area contributed by atoms with Crippen molar-refractivity contribution in [2.24, 2.45) is 0 Å². The number of nitrogens with one attached hydrogen (secondary N) is 2. The van der Waals surface area contributed by atoms with Crippen molar-refractivity contribution in [2.75, 3.05) is 31.5 Å². The maximum Gasteiger partial charge on any atom is 0.250 e. The molecule has 5 nitrogen and oxygen atoms in total. The molecule has 0 spiro atoms. The zero-order chi connectivity index (χ0) is 22.4. The number of benzene rings is 1. The van der Waals surface area contributed by atoms with Gasteiger partial charge in [0, 0.05) is 50.8 Å². The van der Waals surface area contributed by atoms with E-state index in [1.165, 1.54) is 6.33 Å². The minimum absolute atomic E-state index is 0.119. The number of hydrogen-bond donors (Lipinski definition) is 2. The van der Waals surface area contributed by atoms with Crippen LogP contribution in [0.4, 0.5) is 19.0 Å². The molecule has 2 fully saturated rings. The van der Waals surface area contributed by atoms with Crippen LogP contribution in [0, 0.1) is 11.2 Å². The molecule has 1 saturated heterocycles. The predicted molar refractivity (Wildman–Crippen MR) is 118 cm³/mol. The number of alkyl halides is 2. The Hall–Kier alpha value is -2.48. The Morgan fingerprint density at radius 2 is 1.90 bits per heavy atom. The van der Waals surface area contributed by atoms with Gasteiger partial charge in [-0.25, -0.2) is 23.1 Å². The van der Waals surface area contributed by atoms with Gasteiger partial charge < -0.3 is 15.6 Å². The quantitative estimate of drug-likeness (QED) is 0.580. The lowest BCUT2D eigenvalue weighted by Crippen LogP contribution is -2.41. The van der Waals surface area contributed by atoms with Crippen molar-refractivity contribution < 1.29 is 13.2 Å². The molecule has 1 aliphatic carbocycles. The number of halogens is 3. The van der Waals surface area contributed by atoms with Gasteiger partial charge in [0.05, 0.1) is 11.3 Å². The number of anilines is 1.